The van der Waals surface area contributed by atoms with E-state index < -0.39 is 5.91 Å². The Balaban J connectivity index is 2.93. The van der Waals surface area contributed by atoms with Crippen molar-refractivity contribution in [3.05, 3.63) is 18.0 Å². The first-order chi connectivity index (χ1) is 3.80. The number of rotatable bonds is 1. The van der Waals surface area contributed by atoms with E-state index in [9.17, 15) is 4.79 Å². The Morgan fingerprint density at radius 2 is 2.75 bits per heavy atom. The van der Waals surface area contributed by atoms with Crippen LogP contribution in [0.1, 0.15) is 10.5 Å². The van der Waals surface area contributed by atoms with Gasteiger partial charge >= 0.3 is 0 Å². The van der Waals surface area contributed by atoms with Gasteiger partial charge in [-0.25, -0.2) is 0 Å². The second-order valence-electron chi connectivity index (χ2n) is 1.27. The van der Waals surface area contributed by atoms with Crippen LogP contribution >= 0.6 is 0 Å². The predicted octanol–water partition coefficient (Wildman–Crippen LogP) is -0.691. The normalized spacial score (nSPS) is 9.00. The van der Waals surface area contributed by atoms with Crippen molar-refractivity contribution in [2.24, 2.45) is 5.73 Å². The summed E-state index contributed by atoms with van der Waals surface area (Å²) in [6.07, 6.45) is 2.40. The number of primary amides is 1. The molecular formula is C4H4N3O. The molecule has 1 radical (unpaired) electrons. The van der Waals surface area contributed by atoms with Gasteiger partial charge in [-0.15, -0.1) is 0 Å². The van der Waals surface area contributed by atoms with Crippen LogP contribution in [0.5, 0.6) is 0 Å². The molecule has 1 aromatic rings. The minimum absolute atomic E-state index is 0.282. The molecule has 0 aliphatic heterocycles. The maximum atomic E-state index is 10.2. The van der Waals surface area contributed by atoms with Crippen molar-refractivity contribution in [2.75, 3.05) is 0 Å². The van der Waals surface area contributed by atoms with Crippen LogP contribution in [-0.4, -0.2) is 16.1 Å². The molecule has 4 nitrogen and oxygen atoms in total. The summed E-state index contributed by atoms with van der Waals surface area (Å²) in [6.45, 7) is 0. The number of nitrogens with two attached hydrogens (primary N) is 1. The second-order valence-corrected chi connectivity index (χ2v) is 1.27. The lowest BCUT2D eigenvalue weighted by molar-refractivity contribution is 0.0995. The largest absolute Gasteiger partial charge is 0.364 e. The zero-order valence-electron chi connectivity index (χ0n) is 4.01. The van der Waals surface area contributed by atoms with Gasteiger partial charge in [0.15, 0.2) is 0 Å². The van der Waals surface area contributed by atoms with Gasteiger partial charge in [0.05, 0.1) is 0 Å². The fourth-order valence-electron chi connectivity index (χ4n) is 0.348. The Hall–Kier alpha value is -1.32. The Morgan fingerprint density at radius 1 is 2.00 bits per heavy atom. The van der Waals surface area contributed by atoms with E-state index >= 15 is 0 Å². The number of carbonyl (C=O) groups excluding carboxylic acids is 1. The molecule has 0 spiro atoms. The Labute approximate surface area is 45.7 Å². The molecule has 41 valence electrons. The van der Waals surface area contributed by atoms with Gasteiger partial charge in [-0.2, -0.15) is 5.10 Å². The summed E-state index contributed by atoms with van der Waals surface area (Å²) in [7, 11) is 0. The summed E-state index contributed by atoms with van der Waals surface area (Å²) >= 11 is 0. The predicted molar refractivity (Wildman–Crippen MR) is 25.9 cm³/mol. The van der Waals surface area contributed by atoms with Crippen LogP contribution < -0.4 is 5.73 Å². The molecule has 4 heteroatoms. The van der Waals surface area contributed by atoms with Crippen LogP contribution in [0.2, 0.25) is 0 Å². The summed E-state index contributed by atoms with van der Waals surface area (Å²) in [5, 5.41) is 5.75. The molecule has 0 bridgehead atoms. The SMILES string of the molecule is NC(=O)c1c[c]n[nH]1. The lowest BCUT2D eigenvalue weighted by atomic mass is 10.4. The highest BCUT2D eigenvalue weighted by Gasteiger charge is 1.97. The minimum atomic E-state index is -0.515. The van der Waals surface area contributed by atoms with Crippen molar-refractivity contribution in [3.63, 3.8) is 0 Å². The van der Waals surface area contributed by atoms with Gasteiger partial charge in [0.1, 0.15) is 11.9 Å². The van der Waals surface area contributed by atoms with Gasteiger partial charge in [-0.1, -0.05) is 0 Å². The highest BCUT2D eigenvalue weighted by Crippen LogP contribution is 1.85. The van der Waals surface area contributed by atoms with Crippen molar-refractivity contribution in [2.45, 2.75) is 0 Å². The fourth-order valence-corrected chi connectivity index (χ4v) is 0.348. The first kappa shape index (κ1) is 4.83. The average Bonchev–Trinajstić information content (AvgIpc) is 2.12. The number of aromatic nitrogens is 2. The standard InChI is InChI=1S/C4H4N3O/c5-4(8)3-1-2-6-7-3/h1H,(H2,5,8)(H,6,7). The Kier molecular flexibility index (Phi) is 0.997. The lowest BCUT2D eigenvalue weighted by Gasteiger charge is -1.80. The first-order valence-electron chi connectivity index (χ1n) is 2.02. The highest BCUT2D eigenvalue weighted by molar-refractivity contribution is 5.90. The van der Waals surface area contributed by atoms with Crippen LogP contribution in [-0.2, 0) is 0 Å². The van der Waals surface area contributed by atoms with Crippen LogP contribution in [0.3, 0.4) is 0 Å². The number of nitrogens with one attached hydrogen (secondary N) is 1. The van der Waals surface area contributed by atoms with Gasteiger partial charge in [0, 0.05) is 0 Å². The number of nitrogens with zero attached hydrogens (tertiary/aromatic N) is 1. The smallest absolute Gasteiger partial charge is 0.266 e. The van der Waals surface area contributed by atoms with E-state index in [4.69, 9.17) is 5.73 Å². The topological polar surface area (TPSA) is 71.8 Å². The Bertz CT molecular complexity index is 179. The molecule has 0 atom stereocenters. The third-order valence-corrected chi connectivity index (χ3v) is 0.715. The van der Waals surface area contributed by atoms with Crippen molar-refractivity contribution >= 4 is 5.91 Å². The number of hydrogen-bond acceptors (Lipinski definition) is 2. The van der Waals surface area contributed by atoms with Crippen molar-refractivity contribution in [3.8, 4) is 0 Å². The second kappa shape index (κ2) is 1.65. The van der Waals surface area contributed by atoms with Crippen molar-refractivity contribution in [1.82, 2.24) is 10.2 Å². The third kappa shape index (κ3) is 0.676. The monoisotopic (exact) mass is 110 g/mol. The third-order valence-electron chi connectivity index (χ3n) is 0.715. The number of carbonyl (C=O) groups is 1. The van der Waals surface area contributed by atoms with Crippen molar-refractivity contribution in [1.29, 1.82) is 0 Å². The van der Waals surface area contributed by atoms with Crippen LogP contribution in [0, 0.1) is 6.20 Å². The maximum absolute atomic E-state index is 10.2. The van der Waals surface area contributed by atoms with Gasteiger partial charge in [-0.05, 0) is 6.07 Å². The van der Waals surface area contributed by atoms with Gasteiger partial charge in [0.2, 0.25) is 0 Å². The minimum Gasteiger partial charge on any atom is -0.364 e. The Morgan fingerprint density at radius 3 is 3.00 bits per heavy atom. The quantitative estimate of drug-likeness (QED) is 0.502. The lowest BCUT2D eigenvalue weighted by Crippen LogP contribution is -2.10. The zero-order chi connectivity index (χ0) is 5.98. The molecule has 1 amide bonds. The maximum Gasteiger partial charge on any atom is 0.266 e. The first-order valence-corrected chi connectivity index (χ1v) is 2.02. The van der Waals surface area contributed by atoms with Gasteiger partial charge in [-0.3, -0.25) is 9.89 Å². The van der Waals surface area contributed by atoms with E-state index in [1.807, 2.05) is 0 Å². The van der Waals surface area contributed by atoms with Crippen LogP contribution in [0.4, 0.5) is 0 Å². The van der Waals surface area contributed by atoms with E-state index in [0.29, 0.717) is 0 Å². The molecule has 0 saturated heterocycles. The molecular weight excluding hydrogens is 106 g/mol. The zero-order valence-corrected chi connectivity index (χ0v) is 4.01. The van der Waals surface area contributed by atoms with E-state index in [1.165, 1.54) is 6.07 Å². The number of aromatic amines is 1. The van der Waals surface area contributed by atoms with E-state index in [1.54, 1.807) is 0 Å². The summed E-state index contributed by atoms with van der Waals surface area (Å²) in [4.78, 5) is 10.2. The highest BCUT2D eigenvalue weighted by atomic mass is 16.1. The molecule has 1 heterocycles. The molecule has 0 saturated carbocycles. The number of amides is 1. The average molecular weight is 110 g/mol. The van der Waals surface area contributed by atoms with E-state index in [0.717, 1.165) is 0 Å². The number of hydrogen-bond donors (Lipinski definition) is 2. The molecule has 0 aliphatic carbocycles. The molecule has 0 unspecified atom stereocenters. The summed E-state index contributed by atoms with van der Waals surface area (Å²) in [6, 6.07) is 1.39. The molecule has 3 N–H and O–H groups in total. The van der Waals surface area contributed by atoms with Crippen molar-refractivity contribution < 1.29 is 4.79 Å². The molecule has 1 rings (SSSR count). The molecule has 0 aliphatic rings. The van der Waals surface area contributed by atoms with Crippen LogP contribution in [0.25, 0.3) is 0 Å². The van der Waals surface area contributed by atoms with Gasteiger partial charge in [0.25, 0.3) is 5.91 Å². The van der Waals surface area contributed by atoms with Gasteiger partial charge < -0.3 is 5.73 Å². The molecule has 1 aromatic heterocycles. The fraction of sp³-hybridized carbons (Fsp3) is 0. The number of H-pyrrole nitrogens is 1. The van der Waals surface area contributed by atoms with E-state index in [2.05, 4.69) is 16.4 Å². The molecule has 8 heavy (non-hydrogen) atoms. The molecule has 0 fully saturated rings. The molecule has 0 aromatic carbocycles. The van der Waals surface area contributed by atoms with E-state index in [-0.39, 0.29) is 5.69 Å². The summed E-state index contributed by atoms with van der Waals surface area (Å²) in [5.74, 6) is -0.515. The summed E-state index contributed by atoms with van der Waals surface area (Å²) < 4.78 is 0. The van der Waals surface area contributed by atoms with Crippen LogP contribution in [0.15, 0.2) is 6.07 Å². The summed E-state index contributed by atoms with van der Waals surface area (Å²) in [5.41, 5.74) is 5.11.